The lowest BCUT2D eigenvalue weighted by molar-refractivity contribution is 0.295. The van der Waals surface area contributed by atoms with Crippen LogP contribution in [0.5, 0.6) is 0 Å². The number of aryl methyl sites for hydroxylation is 1. The molecule has 0 aliphatic heterocycles. The molecule has 2 aromatic rings. The average molecular weight is 388 g/mol. The molecule has 1 aromatic carbocycles. The molecule has 0 bridgehead atoms. The van der Waals surface area contributed by atoms with Crippen LogP contribution >= 0.6 is 11.3 Å². The number of nitrogens with one attached hydrogen (secondary N) is 2. The topological polar surface area (TPSA) is 52.6 Å². The van der Waals surface area contributed by atoms with Crippen LogP contribution < -0.4 is 10.6 Å². The second-order valence-electron chi connectivity index (χ2n) is 6.47. The standard InChI is InChI=1S/C21H33N5S/c1-5-22-21(23-13-12-20-24-14-17(4)27-20)25-15-18-10-8-9-11-19(18)16-26(6-2)7-3/h8-11,14H,5-7,12-13,15-16H2,1-4H3,(H2,22,23,25). The summed E-state index contributed by atoms with van der Waals surface area (Å²) < 4.78 is 0. The highest BCUT2D eigenvalue weighted by atomic mass is 32.1. The minimum Gasteiger partial charge on any atom is -0.357 e. The van der Waals surface area contributed by atoms with Crippen molar-refractivity contribution in [3.05, 3.63) is 51.5 Å². The maximum absolute atomic E-state index is 4.80. The van der Waals surface area contributed by atoms with Crippen molar-refractivity contribution in [3.63, 3.8) is 0 Å². The van der Waals surface area contributed by atoms with Crippen LogP contribution in [0.25, 0.3) is 0 Å². The van der Waals surface area contributed by atoms with Crippen molar-refractivity contribution in [2.75, 3.05) is 26.2 Å². The molecule has 1 aromatic heterocycles. The third kappa shape index (κ3) is 7.31. The number of thiazole rings is 1. The first kappa shape index (κ1) is 21.4. The predicted octanol–water partition coefficient (Wildman–Crippen LogP) is 3.59. The Bertz CT molecular complexity index is 706. The molecule has 0 amide bonds. The van der Waals surface area contributed by atoms with E-state index in [4.69, 9.17) is 4.99 Å². The van der Waals surface area contributed by atoms with Crippen molar-refractivity contribution < 1.29 is 0 Å². The highest BCUT2D eigenvalue weighted by Crippen LogP contribution is 2.13. The molecule has 0 fully saturated rings. The number of benzene rings is 1. The molecular formula is C21H33N5S. The van der Waals surface area contributed by atoms with Crippen molar-refractivity contribution in [2.45, 2.75) is 47.2 Å². The van der Waals surface area contributed by atoms with Crippen LogP contribution in [-0.2, 0) is 19.5 Å². The van der Waals surface area contributed by atoms with Gasteiger partial charge >= 0.3 is 0 Å². The number of nitrogens with zero attached hydrogens (tertiary/aromatic N) is 3. The van der Waals surface area contributed by atoms with Gasteiger partial charge in [-0.15, -0.1) is 11.3 Å². The summed E-state index contributed by atoms with van der Waals surface area (Å²) in [6.45, 7) is 14.1. The molecule has 0 unspecified atom stereocenters. The molecule has 0 saturated heterocycles. The average Bonchev–Trinajstić information content (AvgIpc) is 3.10. The SMILES string of the molecule is CCNC(=NCc1ccccc1CN(CC)CC)NCCc1ncc(C)s1. The minimum absolute atomic E-state index is 0.684. The van der Waals surface area contributed by atoms with E-state index in [2.05, 4.69) is 72.5 Å². The van der Waals surface area contributed by atoms with E-state index in [0.717, 1.165) is 45.1 Å². The van der Waals surface area contributed by atoms with Gasteiger partial charge in [0.25, 0.3) is 0 Å². The Labute approximate surface area is 167 Å². The van der Waals surface area contributed by atoms with Crippen LogP contribution in [0.4, 0.5) is 0 Å². The number of rotatable bonds is 10. The van der Waals surface area contributed by atoms with E-state index in [1.54, 1.807) is 11.3 Å². The van der Waals surface area contributed by atoms with Crippen LogP contribution in [0.15, 0.2) is 35.5 Å². The zero-order chi connectivity index (χ0) is 19.5. The summed E-state index contributed by atoms with van der Waals surface area (Å²) in [5.41, 5.74) is 2.65. The summed E-state index contributed by atoms with van der Waals surface area (Å²) >= 11 is 1.76. The predicted molar refractivity (Wildman–Crippen MR) is 116 cm³/mol. The molecule has 27 heavy (non-hydrogen) atoms. The lowest BCUT2D eigenvalue weighted by atomic mass is 10.1. The van der Waals surface area contributed by atoms with E-state index in [0.29, 0.717) is 6.54 Å². The fourth-order valence-corrected chi connectivity index (χ4v) is 3.65. The Morgan fingerprint density at radius 1 is 1.11 bits per heavy atom. The first-order valence-corrected chi connectivity index (χ1v) is 10.7. The third-order valence-electron chi connectivity index (χ3n) is 4.46. The largest absolute Gasteiger partial charge is 0.357 e. The van der Waals surface area contributed by atoms with Crippen LogP contribution in [0.2, 0.25) is 0 Å². The smallest absolute Gasteiger partial charge is 0.191 e. The summed E-state index contributed by atoms with van der Waals surface area (Å²) in [7, 11) is 0. The maximum atomic E-state index is 4.80. The fourth-order valence-electron chi connectivity index (χ4n) is 2.86. The Morgan fingerprint density at radius 2 is 1.85 bits per heavy atom. The van der Waals surface area contributed by atoms with Gasteiger partial charge in [-0.3, -0.25) is 4.90 Å². The van der Waals surface area contributed by atoms with Gasteiger partial charge in [-0.25, -0.2) is 9.98 Å². The van der Waals surface area contributed by atoms with Crippen molar-refractivity contribution in [1.82, 2.24) is 20.5 Å². The summed E-state index contributed by atoms with van der Waals surface area (Å²) in [5.74, 6) is 0.864. The number of aliphatic imine (C=N–C) groups is 1. The van der Waals surface area contributed by atoms with Crippen LogP contribution in [0.1, 0.15) is 41.8 Å². The van der Waals surface area contributed by atoms with Crippen molar-refractivity contribution >= 4 is 17.3 Å². The Kier molecular flexibility index (Phi) is 9.28. The quantitative estimate of drug-likeness (QED) is 0.483. The maximum Gasteiger partial charge on any atom is 0.191 e. The second-order valence-corrected chi connectivity index (χ2v) is 7.79. The Morgan fingerprint density at radius 3 is 2.48 bits per heavy atom. The molecule has 0 spiro atoms. The Balaban J connectivity index is 1.97. The van der Waals surface area contributed by atoms with Crippen molar-refractivity contribution in [2.24, 2.45) is 4.99 Å². The number of hydrogen-bond acceptors (Lipinski definition) is 4. The molecule has 0 saturated carbocycles. The summed E-state index contributed by atoms with van der Waals surface area (Å²) in [6, 6.07) is 8.62. The van der Waals surface area contributed by atoms with E-state index in [1.807, 2.05) is 6.20 Å². The van der Waals surface area contributed by atoms with Gasteiger partial charge in [-0.1, -0.05) is 38.1 Å². The number of hydrogen-bond donors (Lipinski definition) is 2. The fraction of sp³-hybridized carbons (Fsp3) is 0.524. The first-order chi connectivity index (χ1) is 13.2. The molecule has 0 aliphatic carbocycles. The van der Waals surface area contributed by atoms with Crippen molar-refractivity contribution in [1.29, 1.82) is 0 Å². The molecule has 6 heteroatoms. The molecule has 148 valence electrons. The van der Waals surface area contributed by atoms with Crippen LogP contribution in [0.3, 0.4) is 0 Å². The van der Waals surface area contributed by atoms with E-state index < -0.39 is 0 Å². The normalized spacial score (nSPS) is 11.8. The number of aromatic nitrogens is 1. The molecule has 2 N–H and O–H groups in total. The van der Waals surface area contributed by atoms with Gasteiger partial charge in [-0.05, 0) is 38.1 Å². The van der Waals surface area contributed by atoms with Gasteiger partial charge < -0.3 is 10.6 Å². The van der Waals surface area contributed by atoms with Crippen LogP contribution in [-0.4, -0.2) is 42.0 Å². The minimum atomic E-state index is 0.684. The summed E-state index contributed by atoms with van der Waals surface area (Å²) in [6.07, 6.45) is 2.85. The van der Waals surface area contributed by atoms with Gasteiger partial charge in [0.2, 0.25) is 0 Å². The van der Waals surface area contributed by atoms with E-state index in [-0.39, 0.29) is 0 Å². The van der Waals surface area contributed by atoms with Crippen molar-refractivity contribution in [3.8, 4) is 0 Å². The van der Waals surface area contributed by atoms with E-state index in [1.165, 1.54) is 21.0 Å². The highest BCUT2D eigenvalue weighted by molar-refractivity contribution is 7.11. The molecule has 0 aliphatic rings. The Hall–Kier alpha value is -1.92. The molecule has 2 rings (SSSR count). The first-order valence-electron chi connectivity index (χ1n) is 9.88. The highest BCUT2D eigenvalue weighted by Gasteiger charge is 2.07. The zero-order valence-corrected chi connectivity index (χ0v) is 17.9. The van der Waals surface area contributed by atoms with E-state index >= 15 is 0 Å². The van der Waals surface area contributed by atoms with E-state index in [9.17, 15) is 0 Å². The van der Waals surface area contributed by atoms with Gasteiger partial charge in [0, 0.05) is 37.1 Å². The van der Waals surface area contributed by atoms with Gasteiger partial charge in [0.05, 0.1) is 11.6 Å². The molecule has 1 heterocycles. The summed E-state index contributed by atoms with van der Waals surface area (Å²) in [5, 5.41) is 7.93. The number of guanidine groups is 1. The van der Waals surface area contributed by atoms with Gasteiger partial charge in [-0.2, -0.15) is 0 Å². The van der Waals surface area contributed by atoms with Crippen LogP contribution in [0, 0.1) is 6.92 Å². The molecule has 0 radical (unpaired) electrons. The lowest BCUT2D eigenvalue weighted by Crippen LogP contribution is -2.38. The third-order valence-corrected chi connectivity index (χ3v) is 5.43. The summed E-state index contributed by atoms with van der Waals surface area (Å²) in [4.78, 5) is 12.9. The monoisotopic (exact) mass is 387 g/mol. The molecule has 5 nitrogen and oxygen atoms in total. The zero-order valence-electron chi connectivity index (χ0n) is 17.1. The van der Waals surface area contributed by atoms with Gasteiger partial charge in [0.15, 0.2) is 5.96 Å². The lowest BCUT2D eigenvalue weighted by Gasteiger charge is -2.20. The molecular weight excluding hydrogens is 354 g/mol. The molecule has 0 atom stereocenters. The van der Waals surface area contributed by atoms with Gasteiger partial charge in [0.1, 0.15) is 0 Å². The second kappa shape index (κ2) is 11.7.